The van der Waals surface area contributed by atoms with Crippen LogP contribution in [0.4, 0.5) is 0 Å². The molecule has 0 saturated carbocycles. The van der Waals surface area contributed by atoms with Gasteiger partial charge in [-0.15, -0.1) is 0 Å². The second-order valence-electron chi connectivity index (χ2n) is 7.35. The smallest absolute Gasteiger partial charge is 0.185 e. The first-order valence-electron chi connectivity index (χ1n) is 9.97. The van der Waals surface area contributed by atoms with E-state index in [1.54, 1.807) is 6.08 Å². The maximum absolute atomic E-state index is 12.3. The summed E-state index contributed by atoms with van der Waals surface area (Å²) >= 11 is 0. The van der Waals surface area contributed by atoms with Crippen LogP contribution in [0.3, 0.4) is 0 Å². The van der Waals surface area contributed by atoms with Crippen LogP contribution < -0.4 is 4.74 Å². The Kier molecular flexibility index (Phi) is 7.40. The second kappa shape index (κ2) is 10.2. The Morgan fingerprint density at radius 1 is 1.07 bits per heavy atom. The highest BCUT2D eigenvalue weighted by Gasteiger charge is 2.09. The van der Waals surface area contributed by atoms with Crippen molar-refractivity contribution in [3.8, 4) is 5.75 Å². The van der Waals surface area contributed by atoms with Crippen molar-refractivity contribution < 1.29 is 14.3 Å². The molecule has 0 atom stereocenters. The number of morpholine rings is 1. The lowest BCUT2D eigenvalue weighted by Crippen LogP contribution is -2.38. The molecule has 1 saturated heterocycles. The number of rotatable bonds is 8. The predicted octanol–water partition coefficient (Wildman–Crippen LogP) is 4.42. The highest BCUT2D eigenvalue weighted by atomic mass is 16.5. The molecule has 4 heteroatoms. The zero-order valence-electron chi connectivity index (χ0n) is 16.8. The summed E-state index contributed by atoms with van der Waals surface area (Å²) in [6, 6.07) is 15.7. The number of nitrogens with zero attached hydrogens (tertiary/aromatic N) is 1. The Morgan fingerprint density at radius 3 is 2.39 bits per heavy atom. The molecular weight excluding hydrogens is 350 g/mol. The second-order valence-corrected chi connectivity index (χ2v) is 7.35. The average Bonchev–Trinajstić information content (AvgIpc) is 2.74. The fraction of sp³-hybridized carbons (Fsp3) is 0.375. The third-order valence-corrected chi connectivity index (χ3v) is 4.95. The van der Waals surface area contributed by atoms with Crippen LogP contribution in [0.2, 0.25) is 0 Å². The lowest BCUT2D eigenvalue weighted by Gasteiger charge is -2.26. The number of benzene rings is 2. The van der Waals surface area contributed by atoms with Crippen LogP contribution in [0, 0.1) is 0 Å². The highest BCUT2D eigenvalue weighted by molar-refractivity contribution is 6.06. The number of carbonyl (C=O) groups excluding carboxylic acids is 1. The molecule has 1 fully saturated rings. The molecule has 3 rings (SSSR count). The van der Waals surface area contributed by atoms with Crippen LogP contribution in [0.1, 0.15) is 41.3 Å². The summed E-state index contributed by atoms with van der Waals surface area (Å²) < 4.78 is 11.2. The summed E-state index contributed by atoms with van der Waals surface area (Å²) in [6.07, 6.45) is 3.47. The summed E-state index contributed by atoms with van der Waals surface area (Å²) in [6.45, 7) is 9.43. The molecular formula is C24H29NO3. The molecule has 0 aromatic heterocycles. The van der Waals surface area contributed by atoms with Gasteiger partial charge in [-0.2, -0.15) is 0 Å². The quantitative estimate of drug-likeness (QED) is 0.503. The predicted molar refractivity (Wildman–Crippen MR) is 113 cm³/mol. The van der Waals surface area contributed by atoms with E-state index in [1.165, 1.54) is 5.56 Å². The van der Waals surface area contributed by atoms with Crippen LogP contribution in [0.25, 0.3) is 6.08 Å². The van der Waals surface area contributed by atoms with E-state index < -0.39 is 0 Å². The van der Waals surface area contributed by atoms with Crippen LogP contribution in [0.5, 0.6) is 5.75 Å². The van der Waals surface area contributed by atoms with Crippen molar-refractivity contribution >= 4 is 11.9 Å². The first-order valence-corrected chi connectivity index (χ1v) is 9.97. The van der Waals surface area contributed by atoms with Crippen LogP contribution in [-0.4, -0.2) is 50.1 Å². The Hall–Kier alpha value is -2.43. The Labute approximate surface area is 167 Å². The first-order chi connectivity index (χ1) is 13.6. The van der Waals surface area contributed by atoms with Gasteiger partial charge in [0.15, 0.2) is 5.78 Å². The molecule has 4 nitrogen and oxygen atoms in total. The van der Waals surface area contributed by atoms with E-state index in [9.17, 15) is 4.79 Å². The highest BCUT2D eigenvalue weighted by Crippen LogP contribution is 2.16. The zero-order valence-corrected chi connectivity index (χ0v) is 16.8. The minimum absolute atomic E-state index is 0.0149. The third-order valence-electron chi connectivity index (χ3n) is 4.95. The van der Waals surface area contributed by atoms with Crippen molar-refractivity contribution in [1.29, 1.82) is 0 Å². The molecule has 0 N–H and O–H groups in total. The average molecular weight is 380 g/mol. The van der Waals surface area contributed by atoms with Gasteiger partial charge in [-0.25, -0.2) is 0 Å². The maximum Gasteiger partial charge on any atom is 0.185 e. The first kappa shape index (κ1) is 20.3. The van der Waals surface area contributed by atoms with Gasteiger partial charge in [-0.1, -0.05) is 56.3 Å². The minimum Gasteiger partial charge on any atom is -0.492 e. The summed E-state index contributed by atoms with van der Waals surface area (Å²) in [4.78, 5) is 14.7. The van der Waals surface area contributed by atoms with E-state index in [0.717, 1.165) is 44.2 Å². The maximum atomic E-state index is 12.3. The van der Waals surface area contributed by atoms with E-state index in [-0.39, 0.29) is 5.78 Å². The van der Waals surface area contributed by atoms with Gasteiger partial charge in [0.25, 0.3) is 0 Å². The van der Waals surface area contributed by atoms with Gasteiger partial charge < -0.3 is 9.47 Å². The van der Waals surface area contributed by atoms with Crippen molar-refractivity contribution in [2.24, 2.45) is 0 Å². The summed E-state index contributed by atoms with van der Waals surface area (Å²) in [5, 5.41) is 0. The topological polar surface area (TPSA) is 38.8 Å². The molecule has 1 heterocycles. The van der Waals surface area contributed by atoms with Gasteiger partial charge in [-0.05, 0) is 35.3 Å². The fourth-order valence-corrected chi connectivity index (χ4v) is 3.09. The molecule has 0 radical (unpaired) electrons. The Morgan fingerprint density at radius 2 is 1.75 bits per heavy atom. The van der Waals surface area contributed by atoms with Crippen molar-refractivity contribution in [3.63, 3.8) is 0 Å². The summed E-state index contributed by atoms with van der Waals surface area (Å²) in [7, 11) is 0. The van der Waals surface area contributed by atoms with Crippen LogP contribution >= 0.6 is 0 Å². The van der Waals surface area contributed by atoms with E-state index in [2.05, 4.69) is 18.7 Å². The molecule has 0 amide bonds. The lowest BCUT2D eigenvalue weighted by molar-refractivity contribution is 0.0322. The lowest BCUT2D eigenvalue weighted by atomic mass is 10.0. The van der Waals surface area contributed by atoms with Crippen molar-refractivity contribution in [3.05, 3.63) is 71.3 Å². The third kappa shape index (κ3) is 6.04. The van der Waals surface area contributed by atoms with Gasteiger partial charge >= 0.3 is 0 Å². The van der Waals surface area contributed by atoms with Crippen LogP contribution in [0.15, 0.2) is 54.6 Å². The van der Waals surface area contributed by atoms with E-state index >= 15 is 0 Å². The van der Waals surface area contributed by atoms with Gasteiger partial charge in [0.05, 0.1) is 13.2 Å². The molecule has 28 heavy (non-hydrogen) atoms. The number of ether oxygens (including phenoxy) is 2. The molecule has 2 aromatic rings. The fourth-order valence-electron chi connectivity index (χ4n) is 3.09. The number of ketones is 1. The SMILES string of the molecule is CC(C)c1ccc(C(=O)/C=C/c2ccc(OCCN3CCOCC3)cc2)cc1. The summed E-state index contributed by atoms with van der Waals surface area (Å²) in [5.41, 5.74) is 2.93. The Balaban J connectivity index is 1.48. The van der Waals surface area contributed by atoms with Crippen molar-refractivity contribution in [1.82, 2.24) is 4.90 Å². The number of hydrogen-bond donors (Lipinski definition) is 0. The number of hydrogen-bond acceptors (Lipinski definition) is 4. The molecule has 1 aliphatic heterocycles. The molecule has 1 aliphatic rings. The van der Waals surface area contributed by atoms with E-state index in [4.69, 9.17) is 9.47 Å². The van der Waals surface area contributed by atoms with E-state index in [1.807, 2.05) is 54.6 Å². The zero-order chi connectivity index (χ0) is 19.8. The van der Waals surface area contributed by atoms with Gasteiger partial charge in [0.1, 0.15) is 12.4 Å². The Bertz CT molecular complexity index is 773. The largest absolute Gasteiger partial charge is 0.492 e. The van der Waals surface area contributed by atoms with Crippen LogP contribution in [-0.2, 0) is 4.74 Å². The molecule has 2 aromatic carbocycles. The van der Waals surface area contributed by atoms with Gasteiger partial charge in [0, 0.05) is 25.2 Å². The normalized spacial score (nSPS) is 15.2. The number of allylic oxidation sites excluding steroid dienone is 1. The molecule has 0 spiro atoms. The molecule has 0 aliphatic carbocycles. The van der Waals surface area contributed by atoms with Gasteiger partial charge in [0.2, 0.25) is 0 Å². The molecule has 148 valence electrons. The van der Waals surface area contributed by atoms with Gasteiger partial charge in [-0.3, -0.25) is 9.69 Å². The van der Waals surface area contributed by atoms with E-state index in [0.29, 0.717) is 18.1 Å². The van der Waals surface area contributed by atoms with Crippen molar-refractivity contribution in [2.75, 3.05) is 39.5 Å². The minimum atomic E-state index is 0.0149. The molecule has 0 unspecified atom stereocenters. The van der Waals surface area contributed by atoms with Crippen molar-refractivity contribution in [2.45, 2.75) is 19.8 Å². The molecule has 0 bridgehead atoms. The monoisotopic (exact) mass is 379 g/mol. The summed E-state index contributed by atoms with van der Waals surface area (Å²) in [5.74, 6) is 1.33. The number of carbonyl (C=O) groups is 1. The standard InChI is InChI=1S/C24H29NO3/c1-19(2)21-6-8-22(9-7-21)24(26)12-5-20-3-10-23(11-4-20)28-18-15-25-13-16-27-17-14-25/h3-12,19H,13-18H2,1-2H3/b12-5+.